The van der Waals surface area contributed by atoms with E-state index in [1.54, 1.807) is 13.1 Å². The third kappa shape index (κ3) is 8.93. The Bertz CT molecular complexity index is 1240. The molecule has 10 N–H and O–H groups in total. The first-order valence-corrected chi connectivity index (χ1v) is 14.1. The Morgan fingerprint density at radius 1 is 1.10 bits per heavy atom. The van der Waals surface area contributed by atoms with Crippen LogP contribution in [0.25, 0.3) is 10.9 Å². The number of guanidine groups is 1. The predicted molar refractivity (Wildman–Crippen MR) is 156 cm³/mol. The Labute approximate surface area is 239 Å². The van der Waals surface area contributed by atoms with E-state index in [-0.39, 0.29) is 37.2 Å². The number of aromatic nitrogens is 1. The fourth-order valence-corrected chi connectivity index (χ4v) is 4.89. The van der Waals surface area contributed by atoms with Crippen molar-refractivity contribution in [2.45, 2.75) is 76.5 Å². The summed E-state index contributed by atoms with van der Waals surface area (Å²) in [6, 6.07) is 4.05. The molecule has 0 radical (unpaired) electrons. The molecule has 13 heteroatoms. The third-order valence-electron chi connectivity index (χ3n) is 7.46. The van der Waals surface area contributed by atoms with Gasteiger partial charge in [0, 0.05) is 30.1 Å². The fourth-order valence-electron chi connectivity index (χ4n) is 4.89. The number of nitrogens with two attached hydrogens (primary N) is 2. The van der Waals surface area contributed by atoms with Crippen molar-refractivity contribution < 1.29 is 24.3 Å². The average Bonchev–Trinajstić information content (AvgIpc) is 3.63. The van der Waals surface area contributed by atoms with Gasteiger partial charge in [-0.05, 0) is 49.8 Å². The number of carbonyl (C=O) groups is 4. The highest BCUT2D eigenvalue weighted by molar-refractivity contribution is 5.95. The normalized spacial score (nSPS) is 17.7. The van der Waals surface area contributed by atoms with Gasteiger partial charge in [-0.2, -0.15) is 0 Å². The van der Waals surface area contributed by atoms with Gasteiger partial charge in [-0.15, -0.1) is 0 Å². The van der Waals surface area contributed by atoms with Gasteiger partial charge in [-0.25, -0.2) is 4.79 Å². The minimum absolute atomic E-state index is 0.0974. The van der Waals surface area contributed by atoms with Crippen molar-refractivity contribution in [1.82, 2.24) is 26.3 Å². The molecular weight excluding hydrogens is 528 g/mol. The number of para-hydroxylation sites is 1. The second-order valence-electron chi connectivity index (χ2n) is 10.5. The summed E-state index contributed by atoms with van der Waals surface area (Å²) in [5, 5.41) is 21.9. The van der Waals surface area contributed by atoms with Crippen molar-refractivity contribution in [3.63, 3.8) is 0 Å². The smallest absolute Gasteiger partial charge is 0.326 e. The number of amides is 3. The maximum Gasteiger partial charge on any atom is 0.326 e. The van der Waals surface area contributed by atoms with Gasteiger partial charge in [0.05, 0.1) is 6.04 Å². The summed E-state index contributed by atoms with van der Waals surface area (Å²) >= 11 is 0. The number of nitrogens with one attached hydrogen (secondary N) is 5. The molecule has 1 aromatic carbocycles. The van der Waals surface area contributed by atoms with E-state index >= 15 is 0 Å². The SMILES string of the molecule is CCC(C)C(NC(=O)C(CCCN=C(N)N)NC(=O)C(Cc1c[nH]c2ccccc12)NC(=O)C1CCCN1)C(=O)O. The van der Waals surface area contributed by atoms with E-state index in [4.69, 9.17) is 11.5 Å². The summed E-state index contributed by atoms with van der Waals surface area (Å²) in [6.07, 6.45) is 4.54. The highest BCUT2D eigenvalue weighted by Gasteiger charge is 2.33. The quantitative estimate of drug-likeness (QED) is 0.0832. The summed E-state index contributed by atoms with van der Waals surface area (Å²) in [6.45, 7) is 4.50. The number of aliphatic imine (C=N–C) groups is 1. The van der Waals surface area contributed by atoms with Crippen LogP contribution in [-0.4, -0.2) is 77.0 Å². The molecule has 3 rings (SSSR count). The van der Waals surface area contributed by atoms with Crippen LogP contribution in [0.15, 0.2) is 35.5 Å². The van der Waals surface area contributed by atoms with E-state index in [0.29, 0.717) is 19.3 Å². The Balaban J connectivity index is 1.83. The van der Waals surface area contributed by atoms with Crippen molar-refractivity contribution in [2.24, 2.45) is 22.4 Å². The highest BCUT2D eigenvalue weighted by atomic mass is 16.4. The van der Waals surface area contributed by atoms with Crippen LogP contribution in [-0.2, 0) is 25.6 Å². The van der Waals surface area contributed by atoms with Crippen molar-refractivity contribution in [2.75, 3.05) is 13.1 Å². The van der Waals surface area contributed by atoms with E-state index in [0.717, 1.165) is 29.4 Å². The van der Waals surface area contributed by atoms with Crippen LogP contribution in [0.5, 0.6) is 0 Å². The van der Waals surface area contributed by atoms with Crippen molar-refractivity contribution in [1.29, 1.82) is 0 Å². The second-order valence-corrected chi connectivity index (χ2v) is 10.5. The molecule has 1 saturated heterocycles. The van der Waals surface area contributed by atoms with E-state index in [2.05, 4.69) is 31.2 Å². The zero-order chi connectivity index (χ0) is 29.9. The van der Waals surface area contributed by atoms with Gasteiger partial charge in [0.25, 0.3) is 0 Å². The monoisotopic (exact) mass is 570 g/mol. The first kappa shape index (κ1) is 31.4. The lowest BCUT2D eigenvalue weighted by molar-refractivity contribution is -0.144. The van der Waals surface area contributed by atoms with Gasteiger partial charge in [0.15, 0.2) is 5.96 Å². The van der Waals surface area contributed by atoms with Gasteiger partial charge in [-0.3, -0.25) is 19.4 Å². The van der Waals surface area contributed by atoms with Crippen LogP contribution in [0.2, 0.25) is 0 Å². The molecule has 0 aliphatic carbocycles. The lowest BCUT2D eigenvalue weighted by Crippen LogP contribution is -2.58. The number of rotatable bonds is 15. The molecule has 2 aromatic rings. The zero-order valence-corrected chi connectivity index (χ0v) is 23.6. The number of H-pyrrole nitrogens is 1. The Morgan fingerprint density at radius 2 is 1.83 bits per heavy atom. The first-order chi connectivity index (χ1) is 19.6. The molecule has 2 heterocycles. The van der Waals surface area contributed by atoms with Gasteiger partial charge in [-0.1, -0.05) is 38.5 Å². The molecule has 5 atom stereocenters. The summed E-state index contributed by atoms with van der Waals surface area (Å²) in [7, 11) is 0. The maximum absolute atomic E-state index is 13.7. The molecule has 0 spiro atoms. The lowest BCUT2D eigenvalue weighted by atomic mass is 9.98. The number of aliphatic carboxylic acids is 1. The minimum atomic E-state index is -1.16. The maximum atomic E-state index is 13.7. The molecular formula is C28H42N8O5. The number of carbonyl (C=O) groups excluding carboxylic acids is 3. The second kappa shape index (κ2) is 15.0. The van der Waals surface area contributed by atoms with E-state index < -0.39 is 42.0 Å². The van der Waals surface area contributed by atoms with Crippen LogP contribution in [0.3, 0.4) is 0 Å². The summed E-state index contributed by atoms with van der Waals surface area (Å²) in [5.41, 5.74) is 12.5. The zero-order valence-electron chi connectivity index (χ0n) is 23.6. The fraction of sp³-hybridized carbons (Fsp3) is 0.536. The number of nitrogens with zero attached hydrogens (tertiary/aromatic N) is 1. The van der Waals surface area contributed by atoms with Gasteiger partial charge < -0.3 is 42.8 Å². The average molecular weight is 571 g/mol. The van der Waals surface area contributed by atoms with E-state index in [1.807, 2.05) is 31.2 Å². The Hall–Kier alpha value is -4.13. The van der Waals surface area contributed by atoms with Gasteiger partial charge in [0.1, 0.15) is 18.1 Å². The van der Waals surface area contributed by atoms with Crippen LogP contribution >= 0.6 is 0 Å². The number of hydrogen-bond donors (Lipinski definition) is 8. The standard InChI is InChI=1S/C28H42N8O5/c1-3-16(2)23(27(40)41)36-25(38)21(11-7-13-32-28(29)30)34-26(39)22(35-24(37)20-10-6-12-31-20)14-17-15-33-19-9-5-4-8-18(17)19/h4-5,8-9,15-16,20-23,31,33H,3,6-7,10-14H2,1-2H3,(H,34,39)(H,35,37)(H,36,38)(H,40,41)(H4,29,30,32). The first-order valence-electron chi connectivity index (χ1n) is 14.1. The number of carboxylic acid groups (broad SMARTS) is 1. The molecule has 224 valence electrons. The van der Waals surface area contributed by atoms with E-state index in [1.165, 1.54) is 0 Å². The number of hydrogen-bond acceptors (Lipinski definition) is 6. The number of benzene rings is 1. The molecule has 1 aliphatic heterocycles. The van der Waals surface area contributed by atoms with Crippen molar-refractivity contribution >= 4 is 40.6 Å². The van der Waals surface area contributed by atoms with Crippen molar-refractivity contribution in [3.05, 3.63) is 36.0 Å². The molecule has 1 aliphatic rings. The van der Waals surface area contributed by atoms with Crippen LogP contribution in [0.4, 0.5) is 0 Å². The molecule has 1 fully saturated rings. The third-order valence-corrected chi connectivity index (χ3v) is 7.46. The minimum Gasteiger partial charge on any atom is -0.480 e. The van der Waals surface area contributed by atoms with Crippen LogP contribution in [0.1, 0.15) is 51.5 Å². The summed E-state index contributed by atoms with van der Waals surface area (Å²) in [4.78, 5) is 59.0. The van der Waals surface area contributed by atoms with Gasteiger partial charge in [0.2, 0.25) is 17.7 Å². The Morgan fingerprint density at radius 3 is 2.49 bits per heavy atom. The molecule has 1 aromatic heterocycles. The molecule has 13 nitrogen and oxygen atoms in total. The molecule has 0 saturated carbocycles. The van der Waals surface area contributed by atoms with Gasteiger partial charge >= 0.3 is 5.97 Å². The van der Waals surface area contributed by atoms with Crippen LogP contribution < -0.4 is 32.7 Å². The summed E-state index contributed by atoms with van der Waals surface area (Å²) < 4.78 is 0. The van der Waals surface area contributed by atoms with Crippen molar-refractivity contribution in [3.8, 4) is 0 Å². The highest BCUT2D eigenvalue weighted by Crippen LogP contribution is 2.20. The molecule has 5 unspecified atom stereocenters. The molecule has 0 bridgehead atoms. The number of fused-ring (bicyclic) bond motifs is 1. The lowest BCUT2D eigenvalue weighted by Gasteiger charge is -2.26. The number of aromatic amines is 1. The number of carboxylic acids is 1. The largest absolute Gasteiger partial charge is 0.480 e. The topological polar surface area (TPSA) is 217 Å². The molecule has 3 amide bonds. The molecule has 41 heavy (non-hydrogen) atoms. The van der Waals surface area contributed by atoms with Crippen LogP contribution in [0, 0.1) is 5.92 Å². The predicted octanol–water partition coefficient (Wildman–Crippen LogP) is 0.101. The Kier molecular flexibility index (Phi) is 11.5. The summed E-state index contributed by atoms with van der Waals surface area (Å²) in [5.74, 6) is -3.07. The van der Waals surface area contributed by atoms with E-state index in [9.17, 15) is 24.3 Å².